The van der Waals surface area contributed by atoms with Gasteiger partial charge in [-0.3, -0.25) is 9.59 Å². The summed E-state index contributed by atoms with van der Waals surface area (Å²) < 4.78 is 39.6. The third-order valence-corrected chi connectivity index (χ3v) is 10.3. The van der Waals surface area contributed by atoms with Gasteiger partial charge >= 0.3 is 0 Å². The fourth-order valence-corrected chi connectivity index (χ4v) is 7.33. The minimum absolute atomic E-state index is 0.177. The predicted octanol–water partition coefficient (Wildman–Crippen LogP) is 7.88. The molecule has 0 unspecified atom stereocenters. The van der Waals surface area contributed by atoms with Crippen molar-refractivity contribution in [2.45, 2.75) is 63.5 Å². The number of nitrogens with zero attached hydrogens (tertiary/aromatic N) is 3. The van der Waals surface area contributed by atoms with E-state index in [2.05, 4.69) is 16.7 Å². The molecule has 0 atom stereocenters. The van der Waals surface area contributed by atoms with Gasteiger partial charge in [0.25, 0.3) is 0 Å². The number of benzene rings is 2. The highest BCUT2D eigenvalue weighted by atomic mass is 35.5. The summed E-state index contributed by atoms with van der Waals surface area (Å²) in [4.78, 5) is 30.9. The molecule has 3 aromatic heterocycles. The van der Waals surface area contributed by atoms with E-state index in [1.807, 2.05) is 36.7 Å². The smallest absolute Gasteiger partial charge is 0.248 e. The van der Waals surface area contributed by atoms with E-state index < -0.39 is 29.0 Å². The normalized spacial score (nSPS) is 18.2. The number of pyridine rings is 1. The number of ketones is 1. The van der Waals surface area contributed by atoms with Crippen molar-refractivity contribution in [1.29, 1.82) is 0 Å². The van der Waals surface area contributed by atoms with Crippen LogP contribution in [0.4, 0.5) is 14.5 Å². The molecule has 2 aromatic carbocycles. The number of carbonyl (C=O) groups is 2. The second-order valence-electron chi connectivity index (χ2n) is 13.1. The minimum Gasteiger partial charge on any atom is -0.381 e. The quantitative estimate of drug-likeness (QED) is 0.115. The second-order valence-corrected chi connectivity index (χ2v) is 13.4. The summed E-state index contributed by atoms with van der Waals surface area (Å²) in [5.41, 5.74) is 4.73. The molecule has 49 heavy (non-hydrogen) atoms. The van der Waals surface area contributed by atoms with E-state index in [1.165, 1.54) is 6.08 Å². The Morgan fingerprint density at radius 3 is 2.47 bits per heavy atom. The summed E-state index contributed by atoms with van der Waals surface area (Å²) in [6, 6.07) is 11.7. The molecule has 2 saturated carbocycles. The maximum absolute atomic E-state index is 15.2. The van der Waals surface area contributed by atoms with Gasteiger partial charge in [-0.05, 0) is 93.3 Å². The number of imidazole rings is 1. The summed E-state index contributed by atoms with van der Waals surface area (Å²) in [7, 11) is 3.70. The van der Waals surface area contributed by atoms with E-state index in [0.29, 0.717) is 29.6 Å². The lowest BCUT2D eigenvalue weighted by Gasteiger charge is -2.27. The Bertz CT molecular complexity index is 2100. The Hall–Kier alpha value is -4.38. The van der Waals surface area contributed by atoms with Gasteiger partial charge in [-0.1, -0.05) is 23.7 Å². The van der Waals surface area contributed by atoms with Gasteiger partial charge in [-0.2, -0.15) is 0 Å². The van der Waals surface area contributed by atoms with E-state index in [1.54, 1.807) is 29.8 Å². The van der Waals surface area contributed by atoms with E-state index in [0.717, 1.165) is 89.7 Å². The van der Waals surface area contributed by atoms with Gasteiger partial charge in [0.15, 0.2) is 0 Å². The molecule has 1 amide bonds. The van der Waals surface area contributed by atoms with Gasteiger partial charge < -0.3 is 24.3 Å². The third-order valence-electron chi connectivity index (χ3n) is 9.94. The summed E-state index contributed by atoms with van der Waals surface area (Å²) in [5, 5.41) is 6.20. The molecule has 0 radical (unpaired) electrons. The highest BCUT2D eigenvalue weighted by molar-refractivity contribution is 6.38. The molecule has 0 saturated heterocycles. The molecule has 0 bridgehead atoms. The number of ether oxygens (including phenoxy) is 1. The number of rotatable bonds is 10. The van der Waals surface area contributed by atoms with E-state index in [-0.39, 0.29) is 11.3 Å². The van der Waals surface area contributed by atoms with E-state index in [9.17, 15) is 9.59 Å². The number of amides is 1. The van der Waals surface area contributed by atoms with Gasteiger partial charge in [-0.25, -0.2) is 13.8 Å². The molecule has 5 aromatic rings. The first-order valence-electron chi connectivity index (χ1n) is 16.7. The number of nitrogens with one attached hydrogen (secondary N) is 2. The highest BCUT2D eigenvalue weighted by Gasteiger charge is 2.31. The van der Waals surface area contributed by atoms with Crippen molar-refractivity contribution in [3.63, 3.8) is 0 Å². The molecule has 254 valence electrons. The number of halogens is 3. The second kappa shape index (κ2) is 13.5. The predicted molar refractivity (Wildman–Crippen MR) is 187 cm³/mol. The summed E-state index contributed by atoms with van der Waals surface area (Å²) >= 11 is 7.09. The van der Waals surface area contributed by atoms with Crippen LogP contribution in [0, 0.1) is 18.6 Å². The number of methoxy groups -OCH3 is 1. The van der Waals surface area contributed by atoms with Crippen LogP contribution in [-0.2, 0) is 16.6 Å². The van der Waals surface area contributed by atoms with Crippen molar-refractivity contribution in [1.82, 2.24) is 19.3 Å². The molecule has 8 nitrogen and oxygen atoms in total. The van der Waals surface area contributed by atoms with E-state index in [4.69, 9.17) is 21.3 Å². The molecule has 2 aliphatic carbocycles. The standard InChI is InChI=1S/C38H38ClF2N5O3/c1-21-43-37-32(45(21)2)20-27(22-8-9-22)34(35(37)39)26-6-5-17-46-30(26)14-15-31(46)38(48)23-18-28(40)36(29(41)19-23)44-33(47)7-4-16-42-24-10-12-25(49-3)13-11-24/h4-7,14-15,17-20,22,24-25,42H,8-13,16H2,1-3H3,(H,44,47)/b7-4+. The Labute approximate surface area is 288 Å². The van der Waals surface area contributed by atoms with Gasteiger partial charge in [0, 0.05) is 55.7 Å². The maximum atomic E-state index is 15.2. The van der Waals surface area contributed by atoms with Crippen LogP contribution in [0.15, 0.2) is 60.8 Å². The molecular weight excluding hydrogens is 648 g/mol. The van der Waals surface area contributed by atoms with Crippen molar-refractivity contribution in [3.05, 3.63) is 100 Å². The van der Waals surface area contributed by atoms with Crippen molar-refractivity contribution in [2.24, 2.45) is 7.05 Å². The first-order valence-corrected chi connectivity index (χ1v) is 17.1. The highest BCUT2D eigenvalue weighted by Crippen LogP contribution is 2.49. The Balaban J connectivity index is 1.11. The minimum atomic E-state index is -1.04. The SMILES string of the molecule is COC1CCC(NC/C=C/C(=O)Nc2c(F)cc(C(=O)c3ccc4c(-c5c(C6CC6)cc6c(nc(C)n6C)c5Cl)cccn34)cc2F)CC1. The van der Waals surface area contributed by atoms with Crippen LogP contribution < -0.4 is 10.6 Å². The third kappa shape index (κ3) is 6.40. The van der Waals surface area contributed by atoms with Crippen LogP contribution in [0.5, 0.6) is 0 Å². The molecular formula is C38H38ClF2N5O3. The molecule has 0 spiro atoms. The van der Waals surface area contributed by atoms with Gasteiger partial charge in [-0.15, -0.1) is 0 Å². The van der Waals surface area contributed by atoms with Crippen molar-refractivity contribution in [3.8, 4) is 11.1 Å². The summed E-state index contributed by atoms with van der Waals surface area (Å²) in [6.45, 7) is 2.39. The molecule has 2 fully saturated rings. The molecule has 0 aliphatic heterocycles. The van der Waals surface area contributed by atoms with Crippen molar-refractivity contribution >= 4 is 45.5 Å². The molecule has 2 aliphatic rings. The van der Waals surface area contributed by atoms with Crippen LogP contribution in [0.3, 0.4) is 0 Å². The first-order chi connectivity index (χ1) is 23.6. The van der Waals surface area contributed by atoms with Gasteiger partial charge in [0.05, 0.1) is 27.9 Å². The Morgan fingerprint density at radius 1 is 1.04 bits per heavy atom. The number of fused-ring (bicyclic) bond motifs is 2. The average Bonchev–Trinajstić information content (AvgIpc) is 3.79. The van der Waals surface area contributed by atoms with Crippen molar-refractivity contribution in [2.75, 3.05) is 19.0 Å². The van der Waals surface area contributed by atoms with E-state index >= 15 is 8.78 Å². The van der Waals surface area contributed by atoms with Crippen LogP contribution >= 0.6 is 11.6 Å². The van der Waals surface area contributed by atoms with Crippen LogP contribution in [0.25, 0.3) is 27.7 Å². The van der Waals surface area contributed by atoms with Crippen LogP contribution in [0.2, 0.25) is 5.02 Å². The lowest BCUT2D eigenvalue weighted by Crippen LogP contribution is -2.35. The first kappa shape index (κ1) is 33.1. The van der Waals surface area contributed by atoms with Gasteiger partial charge in [0.1, 0.15) is 28.7 Å². The molecule has 3 heterocycles. The molecule has 7 rings (SSSR count). The number of carbonyl (C=O) groups excluding carboxylic acids is 2. The van der Waals surface area contributed by atoms with Crippen LogP contribution in [-0.4, -0.2) is 51.4 Å². The zero-order chi connectivity index (χ0) is 34.4. The summed E-state index contributed by atoms with van der Waals surface area (Å²) in [5.74, 6) is -2.08. The zero-order valence-electron chi connectivity index (χ0n) is 27.7. The monoisotopic (exact) mass is 685 g/mol. The average molecular weight is 686 g/mol. The Kier molecular flexibility index (Phi) is 9.13. The number of hydrogen-bond donors (Lipinski definition) is 2. The van der Waals surface area contributed by atoms with Crippen LogP contribution in [0.1, 0.15) is 71.9 Å². The fraction of sp³-hybridized carbons (Fsp3) is 0.342. The largest absolute Gasteiger partial charge is 0.381 e. The fourth-order valence-electron chi connectivity index (χ4n) is 6.98. The maximum Gasteiger partial charge on any atom is 0.248 e. The number of aryl methyl sites for hydroxylation is 2. The molecule has 2 N–H and O–H groups in total. The topological polar surface area (TPSA) is 89.7 Å². The van der Waals surface area contributed by atoms with Gasteiger partial charge in [0.2, 0.25) is 11.7 Å². The van der Waals surface area contributed by atoms with Crippen molar-refractivity contribution < 1.29 is 23.1 Å². The lowest BCUT2D eigenvalue weighted by atomic mass is 9.93. The number of aromatic nitrogens is 3. The number of hydrogen-bond acceptors (Lipinski definition) is 5. The zero-order valence-corrected chi connectivity index (χ0v) is 28.4. The summed E-state index contributed by atoms with van der Waals surface area (Å²) in [6.07, 6.45) is 11.0. The Morgan fingerprint density at radius 2 is 1.78 bits per heavy atom. The molecule has 11 heteroatoms. The number of anilines is 1. The lowest BCUT2D eigenvalue weighted by molar-refractivity contribution is -0.112.